The first kappa shape index (κ1) is 42.3. The van der Waals surface area contributed by atoms with Crippen molar-refractivity contribution in [2.75, 3.05) is 6.61 Å². The first-order valence-electron chi connectivity index (χ1n) is 18.9. The zero-order valence-corrected chi connectivity index (χ0v) is 29.2. The van der Waals surface area contributed by atoms with Crippen molar-refractivity contribution >= 4 is 5.91 Å². The summed E-state index contributed by atoms with van der Waals surface area (Å²) in [6.45, 7) is 4.25. The molecule has 0 aromatic rings. The van der Waals surface area contributed by atoms with Crippen LogP contribution >= 0.6 is 0 Å². The van der Waals surface area contributed by atoms with Crippen molar-refractivity contribution in [1.82, 2.24) is 5.32 Å². The van der Waals surface area contributed by atoms with Crippen molar-refractivity contribution in [3.05, 3.63) is 48.6 Å². The van der Waals surface area contributed by atoms with Gasteiger partial charge in [0.2, 0.25) is 5.91 Å². The standard InChI is InChI=1S/C40H73NO3/c1-3-5-7-9-11-13-15-17-19-20-21-22-24-26-28-30-32-34-36-40(44)41-38(37-42)39(43)35-33-31-29-27-25-23-18-16-14-12-10-8-6-4-2/h14,16,21-22,25,27,33,35,38-39,42-43H,3-13,15,17-20,23-24,26,28-32,34,36-37H2,1-2H3,(H,41,44)/b16-14+,22-21-,27-25+,35-33+. The maximum atomic E-state index is 12.3. The number of nitrogens with one attached hydrogen (secondary N) is 1. The molecule has 2 atom stereocenters. The number of amides is 1. The molecule has 0 heterocycles. The number of aliphatic hydroxyl groups is 2. The van der Waals surface area contributed by atoms with Gasteiger partial charge in [-0.3, -0.25) is 4.79 Å². The van der Waals surface area contributed by atoms with Gasteiger partial charge in [0.05, 0.1) is 18.8 Å². The summed E-state index contributed by atoms with van der Waals surface area (Å²) in [6, 6.07) is -0.648. The third-order valence-corrected chi connectivity index (χ3v) is 8.26. The minimum atomic E-state index is -0.872. The first-order chi connectivity index (χ1) is 21.7. The van der Waals surface area contributed by atoms with Crippen LogP contribution in [0, 0.1) is 0 Å². The fourth-order valence-electron chi connectivity index (χ4n) is 5.32. The van der Waals surface area contributed by atoms with Gasteiger partial charge < -0.3 is 15.5 Å². The zero-order chi connectivity index (χ0) is 32.2. The van der Waals surface area contributed by atoms with Crippen LogP contribution < -0.4 is 5.32 Å². The molecule has 0 saturated heterocycles. The molecule has 0 saturated carbocycles. The first-order valence-corrected chi connectivity index (χ1v) is 18.9. The van der Waals surface area contributed by atoms with Crippen molar-refractivity contribution in [3.8, 4) is 0 Å². The predicted octanol–water partition coefficient (Wildman–Crippen LogP) is 11.2. The summed E-state index contributed by atoms with van der Waals surface area (Å²) in [7, 11) is 0. The highest BCUT2D eigenvalue weighted by Gasteiger charge is 2.17. The van der Waals surface area contributed by atoms with Crippen LogP contribution in [0.4, 0.5) is 0 Å². The Bertz CT molecular complexity index is 711. The number of hydrogen-bond acceptors (Lipinski definition) is 3. The van der Waals surface area contributed by atoms with E-state index in [4.69, 9.17) is 0 Å². The van der Waals surface area contributed by atoms with E-state index in [-0.39, 0.29) is 12.5 Å². The quantitative estimate of drug-likeness (QED) is 0.0508. The SMILES string of the molecule is CCCCCC/C=C/CC/C=C/CC/C=C/C(O)C(CO)NC(=O)CCCCCCC/C=C\CCCCCCCCCCC. The van der Waals surface area contributed by atoms with Gasteiger partial charge >= 0.3 is 0 Å². The molecule has 1 amide bonds. The van der Waals surface area contributed by atoms with E-state index in [9.17, 15) is 15.0 Å². The molecule has 0 radical (unpaired) electrons. The maximum absolute atomic E-state index is 12.3. The lowest BCUT2D eigenvalue weighted by Gasteiger charge is -2.19. The Hall–Kier alpha value is -1.65. The predicted molar refractivity (Wildman–Crippen MR) is 193 cm³/mol. The average molecular weight is 616 g/mol. The lowest BCUT2D eigenvalue weighted by atomic mass is 10.1. The Labute approximate surface area is 274 Å². The summed E-state index contributed by atoms with van der Waals surface area (Å²) < 4.78 is 0. The maximum Gasteiger partial charge on any atom is 0.220 e. The van der Waals surface area contributed by atoms with Gasteiger partial charge in [0.15, 0.2) is 0 Å². The normalized spacial score (nSPS) is 13.6. The number of rotatable bonds is 33. The number of hydrogen-bond donors (Lipinski definition) is 3. The van der Waals surface area contributed by atoms with Crippen LogP contribution in [0.15, 0.2) is 48.6 Å². The fourth-order valence-corrected chi connectivity index (χ4v) is 5.32. The van der Waals surface area contributed by atoms with Gasteiger partial charge in [-0.15, -0.1) is 0 Å². The van der Waals surface area contributed by atoms with Crippen molar-refractivity contribution in [3.63, 3.8) is 0 Å². The van der Waals surface area contributed by atoms with Crippen molar-refractivity contribution in [2.45, 2.75) is 193 Å². The highest BCUT2D eigenvalue weighted by molar-refractivity contribution is 5.76. The second kappa shape index (κ2) is 35.8. The minimum Gasteiger partial charge on any atom is -0.394 e. The molecule has 4 nitrogen and oxygen atoms in total. The molecular weight excluding hydrogens is 542 g/mol. The van der Waals surface area contributed by atoms with Crippen LogP contribution in [0.3, 0.4) is 0 Å². The molecule has 0 aliphatic rings. The molecule has 0 fully saturated rings. The van der Waals surface area contributed by atoms with Gasteiger partial charge in [-0.05, 0) is 70.6 Å². The number of unbranched alkanes of at least 4 members (excludes halogenated alkanes) is 20. The minimum absolute atomic E-state index is 0.0890. The Kier molecular flexibility index (Phi) is 34.5. The van der Waals surface area contributed by atoms with Gasteiger partial charge in [0.1, 0.15) is 0 Å². The number of aliphatic hydroxyl groups excluding tert-OH is 2. The molecule has 0 aliphatic heterocycles. The highest BCUT2D eigenvalue weighted by Crippen LogP contribution is 2.12. The molecule has 0 aromatic carbocycles. The smallest absolute Gasteiger partial charge is 0.220 e. The van der Waals surface area contributed by atoms with E-state index < -0.39 is 12.1 Å². The molecule has 44 heavy (non-hydrogen) atoms. The van der Waals surface area contributed by atoms with Crippen LogP contribution in [0.25, 0.3) is 0 Å². The number of allylic oxidation sites excluding steroid dienone is 7. The second-order valence-electron chi connectivity index (χ2n) is 12.6. The van der Waals surface area contributed by atoms with Crippen LogP contribution in [0.2, 0.25) is 0 Å². The Morgan fingerprint density at radius 3 is 1.34 bits per heavy atom. The molecule has 0 rings (SSSR count). The van der Waals surface area contributed by atoms with Crippen LogP contribution in [-0.4, -0.2) is 34.9 Å². The molecule has 2 unspecified atom stereocenters. The molecule has 256 valence electrons. The molecule has 3 N–H and O–H groups in total. The van der Waals surface area contributed by atoms with Crippen molar-refractivity contribution in [1.29, 1.82) is 0 Å². The topological polar surface area (TPSA) is 69.6 Å². The summed E-state index contributed by atoms with van der Waals surface area (Å²) in [5.41, 5.74) is 0. The Morgan fingerprint density at radius 2 is 0.886 bits per heavy atom. The van der Waals surface area contributed by atoms with Crippen molar-refractivity contribution < 1.29 is 15.0 Å². The van der Waals surface area contributed by atoms with Gasteiger partial charge in [-0.1, -0.05) is 152 Å². The third kappa shape index (κ3) is 31.8. The van der Waals surface area contributed by atoms with Crippen LogP contribution in [0.1, 0.15) is 181 Å². The molecule has 0 spiro atoms. The highest BCUT2D eigenvalue weighted by atomic mass is 16.3. The van der Waals surface area contributed by atoms with E-state index in [0.717, 1.165) is 51.4 Å². The zero-order valence-electron chi connectivity index (χ0n) is 29.2. The van der Waals surface area contributed by atoms with Crippen LogP contribution in [0.5, 0.6) is 0 Å². The van der Waals surface area contributed by atoms with Gasteiger partial charge in [-0.2, -0.15) is 0 Å². The number of carbonyl (C=O) groups is 1. The van der Waals surface area contributed by atoms with E-state index in [1.165, 1.54) is 109 Å². The van der Waals surface area contributed by atoms with E-state index >= 15 is 0 Å². The van der Waals surface area contributed by atoms with Gasteiger partial charge in [-0.25, -0.2) is 0 Å². The molecular formula is C40H73NO3. The Morgan fingerprint density at radius 1 is 0.523 bits per heavy atom. The van der Waals surface area contributed by atoms with Crippen molar-refractivity contribution in [2.24, 2.45) is 0 Å². The van der Waals surface area contributed by atoms with Crippen LogP contribution in [-0.2, 0) is 4.79 Å². The summed E-state index contributed by atoms with van der Waals surface area (Å²) in [5.74, 6) is -0.0890. The monoisotopic (exact) mass is 616 g/mol. The Balaban J connectivity index is 3.70. The van der Waals surface area contributed by atoms with E-state index in [2.05, 4.69) is 55.6 Å². The lowest BCUT2D eigenvalue weighted by molar-refractivity contribution is -0.123. The van der Waals surface area contributed by atoms with E-state index in [1.54, 1.807) is 6.08 Å². The molecule has 0 bridgehead atoms. The molecule has 4 heteroatoms. The summed E-state index contributed by atoms with van der Waals surface area (Å²) in [4.78, 5) is 12.3. The average Bonchev–Trinajstić information content (AvgIpc) is 3.03. The number of carbonyl (C=O) groups excluding carboxylic acids is 1. The fraction of sp³-hybridized carbons (Fsp3) is 0.775. The van der Waals surface area contributed by atoms with Gasteiger partial charge in [0, 0.05) is 6.42 Å². The third-order valence-electron chi connectivity index (χ3n) is 8.26. The molecule has 0 aromatic heterocycles. The summed E-state index contributed by atoms with van der Waals surface area (Å²) in [6.07, 6.45) is 47.7. The summed E-state index contributed by atoms with van der Waals surface area (Å²) in [5, 5.41) is 22.8. The van der Waals surface area contributed by atoms with Gasteiger partial charge in [0.25, 0.3) is 0 Å². The van der Waals surface area contributed by atoms with E-state index in [0.29, 0.717) is 6.42 Å². The second-order valence-corrected chi connectivity index (χ2v) is 12.6. The summed E-state index contributed by atoms with van der Waals surface area (Å²) >= 11 is 0. The molecule has 0 aliphatic carbocycles. The van der Waals surface area contributed by atoms with E-state index in [1.807, 2.05) is 6.08 Å². The lowest BCUT2D eigenvalue weighted by Crippen LogP contribution is -2.45. The largest absolute Gasteiger partial charge is 0.394 e.